The third kappa shape index (κ3) is 2.92. The lowest BCUT2D eigenvalue weighted by Gasteiger charge is -2.06. The number of hydrogen-bond donors (Lipinski definition) is 0. The lowest BCUT2D eigenvalue weighted by molar-refractivity contribution is -0.130. The van der Waals surface area contributed by atoms with Crippen molar-refractivity contribution in [2.24, 2.45) is 0 Å². The molecule has 3 aromatic rings. The van der Waals surface area contributed by atoms with Gasteiger partial charge in [-0.05, 0) is 40.6 Å². The van der Waals surface area contributed by atoms with Gasteiger partial charge in [0.15, 0.2) is 0 Å². The molecule has 0 aliphatic carbocycles. The van der Waals surface area contributed by atoms with Gasteiger partial charge in [-0.25, -0.2) is 4.79 Å². The van der Waals surface area contributed by atoms with Crippen molar-refractivity contribution in [2.75, 3.05) is 7.11 Å². The van der Waals surface area contributed by atoms with Crippen LogP contribution in [0.2, 0.25) is 0 Å². The highest BCUT2D eigenvalue weighted by atomic mass is 16.5. The van der Waals surface area contributed by atoms with Crippen molar-refractivity contribution in [2.45, 2.75) is 0 Å². The quantitative estimate of drug-likeness (QED) is 0.510. The zero-order valence-electron chi connectivity index (χ0n) is 13.7. The maximum absolute atomic E-state index is 12.3. The van der Waals surface area contributed by atoms with Gasteiger partial charge in [-0.2, -0.15) is 0 Å². The van der Waals surface area contributed by atoms with Crippen molar-refractivity contribution in [1.82, 2.24) is 0 Å². The summed E-state index contributed by atoms with van der Waals surface area (Å²) in [5.41, 5.74) is 2.33. The van der Waals surface area contributed by atoms with Gasteiger partial charge in [0.1, 0.15) is 11.5 Å². The topological polar surface area (TPSA) is 35.5 Å². The smallest absolute Gasteiger partial charge is 0.343 e. The number of esters is 1. The second kappa shape index (κ2) is 6.29. The van der Waals surface area contributed by atoms with E-state index in [0.717, 1.165) is 27.6 Å². The Morgan fingerprint density at radius 1 is 0.960 bits per heavy atom. The van der Waals surface area contributed by atoms with Crippen LogP contribution in [0.15, 0.2) is 78.4 Å². The minimum Gasteiger partial charge on any atom is -0.497 e. The van der Waals surface area contributed by atoms with E-state index in [4.69, 9.17) is 9.47 Å². The van der Waals surface area contributed by atoms with Gasteiger partial charge in [-0.1, -0.05) is 54.6 Å². The molecule has 0 fully saturated rings. The minimum atomic E-state index is -0.342. The summed E-state index contributed by atoms with van der Waals surface area (Å²) in [6.45, 7) is 0. The fraction of sp³-hybridized carbons (Fsp3) is 0.0455. The Hall–Kier alpha value is -3.33. The average Bonchev–Trinajstić information content (AvgIpc) is 3.01. The predicted octanol–water partition coefficient (Wildman–Crippen LogP) is 4.83. The van der Waals surface area contributed by atoms with Crippen molar-refractivity contribution in [3.8, 4) is 5.75 Å². The van der Waals surface area contributed by atoms with E-state index in [1.165, 1.54) is 0 Å². The molecular weight excluding hydrogens is 312 g/mol. The lowest BCUT2D eigenvalue weighted by atomic mass is 10.0. The summed E-state index contributed by atoms with van der Waals surface area (Å²) in [7, 11) is 1.62. The molecule has 1 aliphatic rings. The SMILES string of the molecule is COc1cccc(/C=C2/C=C(c3cccc4ccccc34)OC2=O)c1. The van der Waals surface area contributed by atoms with Crippen LogP contribution in [0, 0.1) is 0 Å². The fourth-order valence-electron chi connectivity index (χ4n) is 2.97. The first-order valence-corrected chi connectivity index (χ1v) is 8.02. The highest BCUT2D eigenvalue weighted by Gasteiger charge is 2.23. The summed E-state index contributed by atoms with van der Waals surface area (Å²) < 4.78 is 10.7. The molecule has 0 atom stereocenters. The summed E-state index contributed by atoms with van der Waals surface area (Å²) >= 11 is 0. The standard InChI is InChI=1S/C22H16O3/c1-24-18-9-4-6-15(13-18)12-17-14-21(25-22(17)23)20-11-5-8-16-7-2-3-10-19(16)20/h2-14H,1H3/b17-12-. The monoisotopic (exact) mass is 328 g/mol. The van der Waals surface area contributed by atoms with Gasteiger partial charge < -0.3 is 9.47 Å². The zero-order chi connectivity index (χ0) is 17.2. The minimum absolute atomic E-state index is 0.342. The van der Waals surface area contributed by atoms with Gasteiger partial charge in [-0.3, -0.25) is 0 Å². The van der Waals surface area contributed by atoms with Crippen LogP contribution in [0.1, 0.15) is 11.1 Å². The second-order valence-corrected chi connectivity index (χ2v) is 5.80. The largest absolute Gasteiger partial charge is 0.497 e. The van der Waals surface area contributed by atoms with Crippen LogP contribution in [-0.2, 0) is 9.53 Å². The van der Waals surface area contributed by atoms with E-state index in [9.17, 15) is 4.79 Å². The van der Waals surface area contributed by atoms with Gasteiger partial charge in [0.25, 0.3) is 0 Å². The van der Waals surface area contributed by atoms with E-state index < -0.39 is 0 Å². The molecule has 25 heavy (non-hydrogen) atoms. The molecule has 1 heterocycles. The highest BCUT2D eigenvalue weighted by Crippen LogP contribution is 2.32. The number of ether oxygens (including phenoxy) is 2. The van der Waals surface area contributed by atoms with Gasteiger partial charge in [0.05, 0.1) is 12.7 Å². The van der Waals surface area contributed by atoms with E-state index in [2.05, 4.69) is 0 Å². The normalized spacial score (nSPS) is 15.3. The summed E-state index contributed by atoms with van der Waals surface area (Å²) in [4.78, 5) is 12.3. The number of methoxy groups -OCH3 is 1. The number of carbonyl (C=O) groups excluding carboxylic acids is 1. The van der Waals surface area contributed by atoms with Gasteiger partial charge >= 0.3 is 5.97 Å². The van der Waals surface area contributed by atoms with Crippen LogP contribution in [0.5, 0.6) is 5.75 Å². The van der Waals surface area contributed by atoms with Crippen molar-refractivity contribution >= 4 is 28.6 Å². The summed E-state index contributed by atoms with van der Waals surface area (Å²) in [6, 6.07) is 21.6. The van der Waals surface area contributed by atoms with Crippen LogP contribution in [0.25, 0.3) is 22.6 Å². The Bertz CT molecular complexity index is 1020. The molecule has 0 unspecified atom stereocenters. The van der Waals surface area contributed by atoms with Crippen LogP contribution >= 0.6 is 0 Å². The Morgan fingerprint density at radius 2 is 1.76 bits per heavy atom. The molecule has 1 aliphatic heterocycles. The molecule has 0 spiro atoms. The third-order valence-electron chi connectivity index (χ3n) is 4.20. The van der Waals surface area contributed by atoms with Gasteiger partial charge in [0.2, 0.25) is 0 Å². The molecule has 0 bridgehead atoms. The predicted molar refractivity (Wildman–Crippen MR) is 99.0 cm³/mol. The molecule has 3 aromatic carbocycles. The van der Waals surface area contributed by atoms with Crippen LogP contribution < -0.4 is 4.74 Å². The van der Waals surface area contributed by atoms with Crippen molar-refractivity contribution in [1.29, 1.82) is 0 Å². The third-order valence-corrected chi connectivity index (χ3v) is 4.20. The fourth-order valence-corrected chi connectivity index (χ4v) is 2.97. The van der Waals surface area contributed by atoms with E-state index in [1.807, 2.05) is 72.8 Å². The van der Waals surface area contributed by atoms with Crippen molar-refractivity contribution < 1.29 is 14.3 Å². The molecule has 122 valence electrons. The number of hydrogen-bond acceptors (Lipinski definition) is 3. The molecule has 0 saturated carbocycles. The van der Waals surface area contributed by atoms with Crippen LogP contribution in [0.3, 0.4) is 0 Å². The highest BCUT2D eigenvalue weighted by molar-refractivity contribution is 6.07. The number of cyclic esters (lactones) is 1. The summed E-state index contributed by atoms with van der Waals surface area (Å²) in [5, 5.41) is 2.17. The van der Waals surface area contributed by atoms with Gasteiger partial charge in [-0.15, -0.1) is 0 Å². The first-order valence-electron chi connectivity index (χ1n) is 8.02. The van der Waals surface area contributed by atoms with E-state index in [-0.39, 0.29) is 5.97 Å². The number of benzene rings is 3. The maximum atomic E-state index is 12.3. The Kier molecular flexibility index (Phi) is 3.82. The van der Waals surface area contributed by atoms with E-state index in [1.54, 1.807) is 13.2 Å². The lowest BCUT2D eigenvalue weighted by Crippen LogP contribution is -1.97. The molecule has 3 nitrogen and oxygen atoms in total. The Morgan fingerprint density at radius 3 is 2.64 bits per heavy atom. The van der Waals surface area contributed by atoms with Crippen molar-refractivity contribution in [3.05, 3.63) is 89.5 Å². The summed E-state index contributed by atoms with van der Waals surface area (Å²) in [5.74, 6) is 0.987. The molecule has 0 saturated heterocycles. The second-order valence-electron chi connectivity index (χ2n) is 5.80. The number of carbonyl (C=O) groups is 1. The molecule has 3 heteroatoms. The Labute approximate surface area is 145 Å². The summed E-state index contributed by atoms with van der Waals surface area (Å²) in [6.07, 6.45) is 3.60. The first-order chi connectivity index (χ1) is 12.2. The van der Waals surface area contributed by atoms with E-state index >= 15 is 0 Å². The molecule has 0 N–H and O–H groups in total. The maximum Gasteiger partial charge on any atom is 0.343 e. The molecular formula is C22H16O3. The molecule has 0 radical (unpaired) electrons. The van der Waals surface area contributed by atoms with E-state index in [0.29, 0.717) is 11.3 Å². The first kappa shape index (κ1) is 15.2. The number of fused-ring (bicyclic) bond motifs is 1. The van der Waals surface area contributed by atoms with Gasteiger partial charge in [0, 0.05) is 5.56 Å². The Balaban J connectivity index is 1.76. The average molecular weight is 328 g/mol. The van der Waals surface area contributed by atoms with Crippen LogP contribution in [0.4, 0.5) is 0 Å². The molecule has 0 aromatic heterocycles. The zero-order valence-corrected chi connectivity index (χ0v) is 13.7. The van der Waals surface area contributed by atoms with Crippen molar-refractivity contribution in [3.63, 3.8) is 0 Å². The number of rotatable bonds is 3. The molecule has 0 amide bonds. The molecule has 4 rings (SSSR count). The van der Waals surface area contributed by atoms with Crippen LogP contribution in [-0.4, -0.2) is 13.1 Å².